The molecule has 0 aromatic heterocycles. The maximum absolute atomic E-state index is 11.1. The van der Waals surface area contributed by atoms with Gasteiger partial charge in [0.1, 0.15) is 18.5 Å². The molecule has 1 unspecified atom stereocenters. The Balaban J connectivity index is 1.50. The van der Waals surface area contributed by atoms with Crippen LogP contribution in [-0.4, -0.2) is 25.1 Å². The zero-order chi connectivity index (χ0) is 19.6. The van der Waals surface area contributed by atoms with E-state index < -0.39 is 5.91 Å². The SMILES string of the molecule is C[N+]1(c2ccccc2)C=NC(c2ccc(Oc3ccc(C(N)=O)cc3)cc2)=N1. The van der Waals surface area contributed by atoms with E-state index in [0.717, 1.165) is 11.3 Å². The molecular formula is C22H19N4O2+. The highest BCUT2D eigenvalue weighted by Gasteiger charge is 2.29. The third kappa shape index (κ3) is 3.54. The Morgan fingerprint density at radius 2 is 1.50 bits per heavy atom. The van der Waals surface area contributed by atoms with Crippen molar-refractivity contribution in [2.24, 2.45) is 15.8 Å². The number of benzene rings is 3. The van der Waals surface area contributed by atoms with E-state index in [0.29, 0.717) is 22.9 Å². The lowest BCUT2D eigenvalue weighted by Crippen LogP contribution is -2.35. The van der Waals surface area contributed by atoms with Crippen molar-refractivity contribution in [1.82, 2.24) is 4.59 Å². The van der Waals surface area contributed by atoms with Crippen molar-refractivity contribution in [1.29, 1.82) is 0 Å². The molecule has 1 amide bonds. The molecule has 138 valence electrons. The standard InChI is InChI=1S/C22H18N4O2/c1-26(18-5-3-2-4-6-18)15-24-22(25-26)17-9-13-20(14-10-17)28-19-11-7-16(8-12-19)21(23)27/h2-15H,1H3,(H-,23,27)/p+1. The van der Waals surface area contributed by atoms with E-state index in [9.17, 15) is 4.79 Å². The highest BCUT2D eigenvalue weighted by Crippen LogP contribution is 2.26. The predicted molar refractivity (Wildman–Crippen MR) is 111 cm³/mol. The Kier molecular flexibility index (Phi) is 4.47. The van der Waals surface area contributed by atoms with Crippen LogP contribution in [0.5, 0.6) is 11.5 Å². The molecular weight excluding hydrogens is 352 g/mol. The summed E-state index contributed by atoms with van der Waals surface area (Å²) in [7, 11) is 1.99. The first-order valence-electron chi connectivity index (χ1n) is 8.79. The van der Waals surface area contributed by atoms with Gasteiger partial charge >= 0.3 is 0 Å². The molecule has 1 aliphatic rings. The van der Waals surface area contributed by atoms with Gasteiger partial charge in [-0.1, -0.05) is 18.2 Å². The van der Waals surface area contributed by atoms with Gasteiger partial charge in [0.25, 0.3) is 0 Å². The highest BCUT2D eigenvalue weighted by molar-refractivity contribution is 6.07. The molecule has 1 heterocycles. The number of primary amides is 1. The molecule has 3 aromatic rings. The lowest BCUT2D eigenvalue weighted by Gasteiger charge is -2.17. The Labute approximate surface area is 162 Å². The summed E-state index contributed by atoms with van der Waals surface area (Å²) in [5.41, 5.74) is 7.64. The van der Waals surface area contributed by atoms with Crippen LogP contribution in [0.4, 0.5) is 5.69 Å². The molecule has 6 nitrogen and oxygen atoms in total. The summed E-state index contributed by atoms with van der Waals surface area (Å²) < 4.78 is 6.09. The van der Waals surface area contributed by atoms with E-state index in [-0.39, 0.29) is 4.59 Å². The molecule has 4 rings (SSSR count). The number of hydrogen-bond donors (Lipinski definition) is 1. The molecule has 0 aliphatic carbocycles. The van der Waals surface area contributed by atoms with Gasteiger partial charge in [-0.3, -0.25) is 4.79 Å². The second-order valence-corrected chi connectivity index (χ2v) is 6.55. The Morgan fingerprint density at radius 3 is 2.11 bits per heavy atom. The van der Waals surface area contributed by atoms with Crippen LogP contribution in [0.15, 0.2) is 89.0 Å². The van der Waals surface area contributed by atoms with Gasteiger partial charge in [-0.25, -0.2) is 0 Å². The van der Waals surface area contributed by atoms with Crippen LogP contribution in [-0.2, 0) is 0 Å². The molecule has 2 N–H and O–H groups in total. The van der Waals surface area contributed by atoms with Crippen LogP contribution in [0.25, 0.3) is 0 Å². The summed E-state index contributed by atoms with van der Waals surface area (Å²) in [6.45, 7) is 0. The van der Waals surface area contributed by atoms with Crippen molar-refractivity contribution < 1.29 is 9.53 Å². The molecule has 0 spiro atoms. The topological polar surface area (TPSA) is 77.0 Å². The number of ether oxygens (including phenoxy) is 1. The number of aliphatic imine (C=N–C) groups is 1. The largest absolute Gasteiger partial charge is 0.457 e. The number of carbonyl (C=O) groups excluding carboxylic acids is 1. The maximum atomic E-state index is 11.1. The third-order valence-electron chi connectivity index (χ3n) is 4.47. The molecule has 0 saturated heterocycles. The molecule has 3 aromatic carbocycles. The first-order valence-corrected chi connectivity index (χ1v) is 8.79. The van der Waals surface area contributed by atoms with E-state index >= 15 is 0 Å². The second-order valence-electron chi connectivity index (χ2n) is 6.55. The molecule has 28 heavy (non-hydrogen) atoms. The van der Waals surface area contributed by atoms with Gasteiger partial charge in [0.05, 0.1) is 0 Å². The van der Waals surface area contributed by atoms with Crippen molar-refractivity contribution >= 4 is 23.8 Å². The van der Waals surface area contributed by atoms with Gasteiger partial charge in [0, 0.05) is 23.3 Å². The highest BCUT2D eigenvalue weighted by atomic mass is 16.5. The molecule has 0 bridgehead atoms. The number of rotatable bonds is 5. The van der Waals surface area contributed by atoms with Gasteiger partial charge in [-0.05, 0) is 53.6 Å². The van der Waals surface area contributed by atoms with Gasteiger partial charge in [-0.15, -0.1) is 4.59 Å². The number of amidine groups is 1. The van der Waals surface area contributed by atoms with Crippen molar-refractivity contribution in [3.63, 3.8) is 0 Å². The summed E-state index contributed by atoms with van der Waals surface area (Å²) in [5.74, 6) is 1.51. The molecule has 0 saturated carbocycles. The van der Waals surface area contributed by atoms with Crippen LogP contribution in [0.2, 0.25) is 0 Å². The fraction of sp³-hybridized carbons (Fsp3) is 0.0455. The fourth-order valence-electron chi connectivity index (χ4n) is 2.90. The van der Waals surface area contributed by atoms with Gasteiger partial charge < -0.3 is 10.5 Å². The van der Waals surface area contributed by atoms with Crippen molar-refractivity contribution in [3.05, 3.63) is 90.0 Å². The molecule has 0 radical (unpaired) electrons. The van der Waals surface area contributed by atoms with Crippen LogP contribution in [0.1, 0.15) is 15.9 Å². The van der Waals surface area contributed by atoms with E-state index in [1.165, 1.54) is 0 Å². The summed E-state index contributed by atoms with van der Waals surface area (Å²) in [6.07, 6.45) is 1.81. The van der Waals surface area contributed by atoms with Gasteiger partial charge in [-0.2, -0.15) is 4.99 Å². The van der Waals surface area contributed by atoms with Crippen LogP contribution in [0, 0.1) is 0 Å². The van der Waals surface area contributed by atoms with E-state index in [1.54, 1.807) is 24.3 Å². The van der Waals surface area contributed by atoms with E-state index in [2.05, 4.69) is 4.99 Å². The van der Waals surface area contributed by atoms with Crippen molar-refractivity contribution in [3.8, 4) is 11.5 Å². The van der Waals surface area contributed by atoms with Gasteiger partial charge in [0.2, 0.25) is 18.1 Å². The second kappa shape index (κ2) is 7.09. The quantitative estimate of drug-likeness (QED) is 0.690. The number of nitrogens with two attached hydrogens (primary N) is 1. The van der Waals surface area contributed by atoms with E-state index in [1.807, 2.05) is 68.0 Å². The summed E-state index contributed by atoms with van der Waals surface area (Å²) in [6, 6.07) is 24.3. The Hall–Kier alpha value is -3.77. The first-order chi connectivity index (χ1) is 13.5. The monoisotopic (exact) mass is 371 g/mol. The molecule has 0 fully saturated rings. The predicted octanol–water partition coefficient (Wildman–Crippen LogP) is 3.92. The summed E-state index contributed by atoms with van der Waals surface area (Å²) in [4.78, 5) is 15.6. The lowest BCUT2D eigenvalue weighted by atomic mass is 10.2. The molecule has 1 atom stereocenters. The Morgan fingerprint density at radius 1 is 0.893 bits per heavy atom. The average molecular weight is 371 g/mol. The molecule has 1 aliphatic heterocycles. The fourth-order valence-corrected chi connectivity index (χ4v) is 2.90. The minimum atomic E-state index is -0.463. The number of quaternary nitrogens is 1. The summed E-state index contributed by atoms with van der Waals surface area (Å²) in [5, 5.41) is 4.75. The van der Waals surface area contributed by atoms with E-state index in [4.69, 9.17) is 15.6 Å². The number of para-hydroxylation sites is 1. The Bertz CT molecular complexity index is 1060. The zero-order valence-electron chi connectivity index (χ0n) is 15.3. The smallest absolute Gasteiger partial charge is 0.248 e. The number of carbonyl (C=O) groups is 1. The normalized spacial score (nSPS) is 18.0. The number of hydrogen-bond acceptors (Lipinski definition) is 4. The molecule has 6 heteroatoms. The minimum Gasteiger partial charge on any atom is -0.457 e. The average Bonchev–Trinajstić information content (AvgIpc) is 3.13. The van der Waals surface area contributed by atoms with Crippen LogP contribution < -0.4 is 15.1 Å². The van der Waals surface area contributed by atoms with Crippen LogP contribution in [0.3, 0.4) is 0 Å². The van der Waals surface area contributed by atoms with Gasteiger partial charge in [0.15, 0.2) is 5.69 Å². The first kappa shape index (κ1) is 17.6. The van der Waals surface area contributed by atoms with Crippen molar-refractivity contribution in [2.75, 3.05) is 7.05 Å². The lowest BCUT2D eigenvalue weighted by molar-refractivity contribution is 0.100. The minimum absolute atomic E-state index is 0.278. The number of nitrogens with zero attached hydrogens (tertiary/aromatic N) is 3. The number of amides is 1. The summed E-state index contributed by atoms with van der Waals surface area (Å²) >= 11 is 0. The zero-order valence-corrected chi connectivity index (χ0v) is 15.3. The maximum Gasteiger partial charge on any atom is 0.248 e. The van der Waals surface area contributed by atoms with Crippen molar-refractivity contribution in [2.45, 2.75) is 0 Å². The third-order valence-corrected chi connectivity index (χ3v) is 4.47. The van der Waals surface area contributed by atoms with Crippen LogP contribution >= 0.6 is 0 Å².